The molecule has 0 aliphatic rings. The van der Waals surface area contributed by atoms with Crippen molar-refractivity contribution in [2.75, 3.05) is 0 Å². The number of carboxylic acid groups (broad SMARTS) is 1. The lowest BCUT2D eigenvalue weighted by Gasteiger charge is -2.15. The number of carboxylic acids is 1. The molecule has 5 nitrogen and oxygen atoms in total. The van der Waals surface area contributed by atoms with Crippen LogP contribution in [0, 0.1) is 5.82 Å². The van der Waals surface area contributed by atoms with Crippen molar-refractivity contribution in [1.82, 2.24) is 15.0 Å². The molecule has 1 heterocycles. The van der Waals surface area contributed by atoms with Gasteiger partial charge in [0.15, 0.2) is 5.69 Å². The van der Waals surface area contributed by atoms with Gasteiger partial charge in [0.25, 0.3) is 0 Å². The van der Waals surface area contributed by atoms with Crippen LogP contribution in [0.4, 0.5) is 4.39 Å². The number of hydrogen-bond donors (Lipinski definition) is 1. The van der Waals surface area contributed by atoms with E-state index in [-0.39, 0.29) is 17.4 Å². The Morgan fingerprint density at radius 1 is 1.17 bits per heavy atom. The first-order valence-corrected chi connectivity index (χ1v) is 7.07. The summed E-state index contributed by atoms with van der Waals surface area (Å²) in [6.07, 6.45) is 0. The number of nitrogens with zero attached hydrogens (tertiary/aromatic N) is 3. The SMILES string of the molecule is CC(c1ccccc1)n1nnc(C(=O)O)c1-c1cccc(F)c1. The summed E-state index contributed by atoms with van der Waals surface area (Å²) in [6, 6.07) is 15.0. The number of hydrogen-bond acceptors (Lipinski definition) is 3. The second-order valence-corrected chi connectivity index (χ2v) is 5.13. The zero-order valence-electron chi connectivity index (χ0n) is 12.3. The van der Waals surface area contributed by atoms with E-state index < -0.39 is 11.8 Å². The second-order valence-electron chi connectivity index (χ2n) is 5.13. The molecule has 1 unspecified atom stereocenters. The van der Waals surface area contributed by atoms with Gasteiger partial charge in [0.05, 0.1) is 6.04 Å². The van der Waals surface area contributed by atoms with E-state index in [2.05, 4.69) is 10.3 Å². The Labute approximate surface area is 132 Å². The van der Waals surface area contributed by atoms with Gasteiger partial charge in [0.1, 0.15) is 11.5 Å². The fourth-order valence-electron chi connectivity index (χ4n) is 2.49. The van der Waals surface area contributed by atoms with Crippen molar-refractivity contribution in [1.29, 1.82) is 0 Å². The molecular weight excluding hydrogens is 297 g/mol. The molecule has 0 aliphatic carbocycles. The molecule has 0 fully saturated rings. The van der Waals surface area contributed by atoms with Crippen LogP contribution in [0.25, 0.3) is 11.3 Å². The van der Waals surface area contributed by atoms with Crippen molar-refractivity contribution >= 4 is 5.97 Å². The molecule has 6 heteroatoms. The summed E-state index contributed by atoms with van der Waals surface area (Å²) in [5.41, 5.74) is 1.47. The first kappa shape index (κ1) is 14.9. The third-order valence-electron chi connectivity index (χ3n) is 3.64. The molecule has 23 heavy (non-hydrogen) atoms. The Morgan fingerprint density at radius 2 is 1.91 bits per heavy atom. The Kier molecular flexibility index (Phi) is 3.89. The van der Waals surface area contributed by atoms with Crippen LogP contribution in [-0.4, -0.2) is 26.1 Å². The van der Waals surface area contributed by atoms with Gasteiger partial charge in [-0.15, -0.1) is 5.10 Å². The molecule has 0 aliphatic heterocycles. The molecule has 1 atom stereocenters. The van der Waals surface area contributed by atoms with E-state index in [9.17, 15) is 14.3 Å². The van der Waals surface area contributed by atoms with E-state index in [1.165, 1.54) is 22.9 Å². The van der Waals surface area contributed by atoms with Crippen molar-refractivity contribution in [3.8, 4) is 11.3 Å². The Hall–Kier alpha value is -3.02. The summed E-state index contributed by atoms with van der Waals surface area (Å²) in [5.74, 6) is -1.64. The van der Waals surface area contributed by atoms with E-state index in [4.69, 9.17) is 0 Å². The number of carbonyl (C=O) groups is 1. The van der Waals surface area contributed by atoms with Gasteiger partial charge in [-0.05, 0) is 24.6 Å². The minimum absolute atomic E-state index is 0.196. The van der Waals surface area contributed by atoms with Gasteiger partial charge >= 0.3 is 5.97 Å². The highest BCUT2D eigenvalue weighted by atomic mass is 19.1. The van der Waals surface area contributed by atoms with Crippen LogP contribution in [0.5, 0.6) is 0 Å². The summed E-state index contributed by atoms with van der Waals surface area (Å²) in [7, 11) is 0. The average molecular weight is 311 g/mol. The summed E-state index contributed by atoms with van der Waals surface area (Å²) in [5, 5.41) is 17.1. The fraction of sp³-hybridized carbons (Fsp3) is 0.118. The van der Waals surface area contributed by atoms with Gasteiger partial charge in [-0.1, -0.05) is 47.7 Å². The predicted octanol–water partition coefficient (Wildman–Crippen LogP) is 3.39. The third-order valence-corrected chi connectivity index (χ3v) is 3.64. The van der Waals surface area contributed by atoms with Gasteiger partial charge in [0, 0.05) is 5.56 Å². The molecular formula is C17H14FN3O2. The Balaban J connectivity index is 2.17. The maximum absolute atomic E-state index is 13.6. The summed E-state index contributed by atoms with van der Waals surface area (Å²) < 4.78 is 15.1. The predicted molar refractivity (Wildman–Crippen MR) is 82.6 cm³/mol. The van der Waals surface area contributed by atoms with Crippen LogP contribution in [-0.2, 0) is 0 Å². The smallest absolute Gasteiger partial charge is 0.358 e. The third kappa shape index (κ3) is 2.83. The standard InChI is InChI=1S/C17H14FN3O2/c1-11(12-6-3-2-4-7-12)21-16(15(17(22)23)19-20-21)13-8-5-9-14(18)10-13/h2-11H,1H3,(H,22,23). The van der Waals surface area contributed by atoms with Crippen molar-refractivity contribution in [3.63, 3.8) is 0 Å². The van der Waals surface area contributed by atoms with E-state index in [1.54, 1.807) is 6.07 Å². The van der Waals surface area contributed by atoms with Crippen LogP contribution < -0.4 is 0 Å². The zero-order chi connectivity index (χ0) is 16.4. The molecule has 0 spiro atoms. The molecule has 0 saturated carbocycles. The average Bonchev–Trinajstić information content (AvgIpc) is 3.00. The van der Waals surface area contributed by atoms with Gasteiger partial charge in [-0.2, -0.15) is 0 Å². The summed E-state index contributed by atoms with van der Waals surface area (Å²) in [4.78, 5) is 11.4. The van der Waals surface area contributed by atoms with Crippen LogP contribution in [0.15, 0.2) is 54.6 Å². The van der Waals surface area contributed by atoms with Gasteiger partial charge in [-0.25, -0.2) is 13.9 Å². The molecule has 0 radical (unpaired) electrons. The van der Waals surface area contributed by atoms with Crippen molar-refractivity contribution < 1.29 is 14.3 Å². The van der Waals surface area contributed by atoms with Crippen molar-refractivity contribution in [2.45, 2.75) is 13.0 Å². The topological polar surface area (TPSA) is 68.0 Å². The minimum atomic E-state index is -1.20. The first-order chi connectivity index (χ1) is 11.1. The van der Waals surface area contributed by atoms with E-state index in [1.807, 2.05) is 37.3 Å². The molecule has 1 N–H and O–H groups in total. The van der Waals surface area contributed by atoms with Crippen LogP contribution in [0.1, 0.15) is 29.0 Å². The van der Waals surface area contributed by atoms with E-state index in [0.717, 1.165) is 5.56 Å². The lowest BCUT2D eigenvalue weighted by molar-refractivity contribution is 0.0691. The lowest BCUT2D eigenvalue weighted by Crippen LogP contribution is -2.11. The van der Waals surface area contributed by atoms with Gasteiger partial charge in [0.2, 0.25) is 0 Å². The fourth-order valence-corrected chi connectivity index (χ4v) is 2.49. The normalized spacial score (nSPS) is 12.1. The molecule has 0 saturated heterocycles. The monoisotopic (exact) mass is 311 g/mol. The van der Waals surface area contributed by atoms with E-state index >= 15 is 0 Å². The van der Waals surface area contributed by atoms with Crippen LogP contribution >= 0.6 is 0 Å². The lowest BCUT2D eigenvalue weighted by atomic mass is 10.1. The molecule has 2 aromatic carbocycles. The molecule has 0 bridgehead atoms. The number of rotatable bonds is 4. The Morgan fingerprint density at radius 3 is 2.57 bits per heavy atom. The summed E-state index contributed by atoms with van der Waals surface area (Å²) in [6.45, 7) is 1.89. The quantitative estimate of drug-likeness (QED) is 0.802. The molecule has 3 rings (SSSR count). The van der Waals surface area contributed by atoms with Crippen molar-refractivity contribution in [2.24, 2.45) is 0 Å². The minimum Gasteiger partial charge on any atom is -0.476 e. The van der Waals surface area contributed by atoms with Crippen LogP contribution in [0.3, 0.4) is 0 Å². The summed E-state index contributed by atoms with van der Waals surface area (Å²) >= 11 is 0. The molecule has 1 aromatic heterocycles. The van der Waals surface area contributed by atoms with Gasteiger partial charge in [-0.3, -0.25) is 0 Å². The largest absolute Gasteiger partial charge is 0.476 e. The molecule has 3 aromatic rings. The maximum atomic E-state index is 13.6. The maximum Gasteiger partial charge on any atom is 0.358 e. The number of benzene rings is 2. The van der Waals surface area contributed by atoms with Crippen molar-refractivity contribution in [3.05, 3.63) is 71.7 Å². The molecule has 0 amide bonds. The van der Waals surface area contributed by atoms with E-state index in [0.29, 0.717) is 5.56 Å². The Bertz CT molecular complexity index is 846. The van der Waals surface area contributed by atoms with Crippen LogP contribution in [0.2, 0.25) is 0 Å². The second kappa shape index (κ2) is 6.00. The number of aromatic nitrogens is 3. The number of aromatic carboxylic acids is 1. The first-order valence-electron chi connectivity index (χ1n) is 7.07. The molecule has 116 valence electrons. The zero-order valence-corrected chi connectivity index (χ0v) is 12.3. The van der Waals surface area contributed by atoms with Gasteiger partial charge < -0.3 is 5.11 Å². The highest BCUT2D eigenvalue weighted by molar-refractivity contribution is 5.92. The highest BCUT2D eigenvalue weighted by Gasteiger charge is 2.24. The number of halogens is 1. The highest BCUT2D eigenvalue weighted by Crippen LogP contribution is 2.28.